The summed E-state index contributed by atoms with van der Waals surface area (Å²) >= 11 is 12.4. The number of ether oxygens (including phenoxy) is 1. The molecule has 0 atom stereocenters. The Hall–Kier alpha value is -2.89. The van der Waals surface area contributed by atoms with Gasteiger partial charge in [-0.25, -0.2) is 14.2 Å². The van der Waals surface area contributed by atoms with Gasteiger partial charge in [0.15, 0.2) is 0 Å². The lowest BCUT2D eigenvalue weighted by atomic mass is 9.99. The van der Waals surface area contributed by atoms with E-state index >= 15 is 0 Å². The maximum atomic E-state index is 14.2. The van der Waals surface area contributed by atoms with Crippen LogP contribution in [0.15, 0.2) is 54.6 Å². The second kappa shape index (κ2) is 9.08. The van der Waals surface area contributed by atoms with Crippen LogP contribution in [-0.2, 0) is 6.61 Å². The smallest absolute Gasteiger partial charge is 0.354 e. The lowest BCUT2D eigenvalue weighted by Gasteiger charge is -2.16. The maximum Gasteiger partial charge on any atom is 0.354 e. The molecule has 0 saturated carbocycles. The summed E-state index contributed by atoms with van der Waals surface area (Å²) in [6.07, 6.45) is 2.43. The molecule has 4 nitrogen and oxygen atoms in total. The molecule has 31 heavy (non-hydrogen) atoms. The van der Waals surface area contributed by atoms with Gasteiger partial charge in [-0.2, -0.15) is 0 Å². The molecule has 2 aromatic carbocycles. The summed E-state index contributed by atoms with van der Waals surface area (Å²) in [5, 5.41) is 10.1. The van der Waals surface area contributed by atoms with E-state index in [1.54, 1.807) is 36.4 Å². The number of allylic oxidation sites excluding steroid dienone is 2. The van der Waals surface area contributed by atoms with Crippen molar-refractivity contribution < 1.29 is 19.0 Å². The number of aromatic carboxylic acids is 1. The molecule has 1 N–H and O–H groups in total. The van der Waals surface area contributed by atoms with Gasteiger partial charge in [-0.05, 0) is 72.9 Å². The van der Waals surface area contributed by atoms with Crippen LogP contribution in [-0.4, -0.2) is 16.1 Å². The van der Waals surface area contributed by atoms with E-state index in [9.17, 15) is 14.3 Å². The summed E-state index contributed by atoms with van der Waals surface area (Å²) in [7, 11) is 0. The third-order valence-corrected chi connectivity index (χ3v) is 5.78. The number of halogens is 3. The fourth-order valence-corrected chi connectivity index (χ4v) is 4.12. The van der Waals surface area contributed by atoms with Crippen LogP contribution in [0.25, 0.3) is 11.1 Å². The van der Waals surface area contributed by atoms with Gasteiger partial charge in [0.05, 0.1) is 10.7 Å². The van der Waals surface area contributed by atoms with Crippen LogP contribution in [0, 0.1) is 5.82 Å². The van der Waals surface area contributed by atoms with Crippen molar-refractivity contribution in [1.29, 1.82) is 0 Å². The van der Waals surface area contributed by atoms with E-state index in [0.29, 0.717) is 21.5 Å². The summed E-state index contributed by atoms with van der Waals surface area (Å²) in [5.74, 6) is -0.957. The van der Waals surface area contributed by atoms with E-state index in [0.717, 1.165) is 36.0 Å². The third-order valence-electron chi connectivity index (χ3n) is 5.20. The number of rotatable bonds is 6. The third kappa shape index (κ3) is 4.58. The molecule has 0 unspecified atom stereocenters. The minimum Gasteiger partial charge on any atom is -0.488 e. The van der Waals surface area contributed by atoms with Crippen LogP contribution >= 0.6 is 23.2 Å². The van der Waals surface area contributed by atoms with E-state index in [2.05, 4.69) is 4.98 Å². The summed E-state index contributed by atoms with van der Waals surface area (Å²) in [6, 6.07) is 14.7. The van der Waals surface area contributed by atoms with Gasteiger partial charge >= 0.3 is 5.97 Å². The molecule has 7 heteroatoms. The van der Waals surface area contributed by atoms with E-state index in [-0.39, 0.29) is 17.9 Å². The van der Waals surface area contributed by atoms with Crippen molar-refractivity contribution in [1.82, 2.24) is 4.98 Å². The molecule has 4 rings (SSSR count). The first-order valence-corrected chi connectivity index (χ1v) is 10.5. The molecule has 158 valence electrons. The van der Waals surface area contributed by atoms with Crippen molar-refractivity contribution in [2.75, 3.05) is 0 Å². The van der Waals surface area contributed by atoms with Crippen molar-refractivity contribution in [3.63, 3.8) is 0 Å². The second-order valence-electron chi connectivity index (χ2n) is 7.15. The first-order valence-electron chi connectivity index (χ1n) is 9.72. The predicted octanol–water partition coefficient (Wildman–Crippen LogP) is 6.90. The number of nitrogens with zero attached hydrogens (tertiary/aromatic N) is 1. The van der Waals surface area contributed by atoms with Crippen molar-refractivity contribution in [2.45, 2.75) is 25.9 Å². The van der Waals surface area contributed by atoms with Gasteiger partial charge in [0.25, 0.3) is 0 Å². The van der Waals surface area contributed by atoms with Crippen molar-refractivity contribution in [2.24, 2.45) is 0 Å². The Balaban J connectivity index is 1.73. The van der Waals surface area contributed by atoms with E-state index in [4.69, 9.17) is 27.9 Å². The summed E-state index contributed by atoms with van der Waals surface area (Å²) in [5.41, 5.74) is 3.63. The molecule has 0 fully saturated rings. The van der Waals surface area contributed by atoms with Gasteiger partial charge < -0.3 is 9.84 Å². The van der Waals surface area contributed by atoms with Crippen LogP contribution in [0.2, 0.25) is 10.0 Å². The average Bonchev–Trinajstić information content (AvgIpc) is 3.24. The average molecular weight is 458 g/mol. The molecular weight excluding hydrogens is 440 g/mol. The minimum absolute atomic E-state index is 0.00647. The number of benzene rings is 2. The number of carboxylic acids is 1. The monoisotopic (exact) mass is 457 g/mol. The van der Waals surface area contributed by atoms with Gasteiger partial charge in [-0.1, -0.05) is 35.3 Å². The van der Waals surface area contributed by atoms with Crippen molar-refractivity contribution in [3.05, 3.63) is 93.0 Å². The number of carboxylic acid groups (broad SMARTS) is 1. The highest BCUT2D eigenvalue weighted by Crippen LogP contribution is 2.43. The summed E-state index contributed by atoms with van der Waals surface area (Å²) < 4.78 is 20.1. The van der Waals surface area contributed by atoms with E-state index in [1.165, 1.54) is 12.1 Å². The summed E-state index contributed by atoms with van der Waals surface area (Å²) in [4.78, 5) is 15.6. The Morgan fingerprint density at radius 3 is 2.61 bits per heavy atom. The zero-order valence-electron chi connectivity index (χ0n) is 16.4. The molecule has 0 aliphatic heterocycles. The molecule has 0 saturated heterocycles. The Labute approximate surface area is 188 Å². The zero-order valence-corrected chi connectivity index (χ0v) is 17.9. The number of hydrogen-bond acceptors (Lipinski definition) is 3. The minimum atomic E-state index is -1.07. The Kier molecular flexibility index (Phi) is 6.25. The normalized spacial score (nSPS) is 13.5. The Morgan fingerprint density at radius 1 is 1.06 bits per heavy atom. The molecule has 0 amide bonds. The first-order chi connectivity index (χ1) is 14.9. The fraction of sp³-hybridized carbons (Fsp3) is 0.167. The molecule has 1 aliphatic carbocycles. The molecule has 1 aromatic heterocycles. The highest BCUT2D eigenvalue weighted by molar-refractivity contribution is 6.31. The maximum absolute atomic E-state index is 14.2. The largest absolute Gasteiger partial charge is 0.488 e. The van der Waals surface area contributed by atoms with E-state index in [1.807, 2.05) is 6.07 Å². The standard InChI is InChI=1S/C24H18Cl2FNO3/c25-14-10-11-23(31-13-18-19(26)6-2-7-20(18)27)17(12-14)15-4-1-5-16(15)21-8-3-9-22(28-21)24(29)30/h2-3,6-12H,1,4-5,13H2,(H,29,30). The van der Waals surface area contributed by atoms with Gasteiger partial charge in [-0.15, -0.1) is 0 Å². The molecule has 0 spiro atoms. The van der Waals surface area contributed by atoms with Crippen molar-refractivity contribution in [3.8, 4) is 5.75 Å². The highest BCUT2D eigenvalue weighted by Gasteiger charge is 2.23. The number of hydrogen-bond donors (Lipinski definition) is 1. The first kappa shape index (κ1) is 21.3. The SMILES string of the molecule is O=C(O)c1cccc(C2=C(c3cc(Cl)ccc3OCc3c(F)cccc3Cl)CCC2)n1. The highest BCUT2D eigenvalue weighted by atomic mass is 35.5. The number of pyridine rings is 1. The number of carbonyl (C=O) groups is 1. The van der Waals surface area contributed by atoms with E-state index < -0.39 is 11.8 Å². The fourth-order valence-electron chi connectivity index (χ4n) is 3.73. The molecule has 0 radical (unpaired) electrons. The Morgan fingerprint density at radius 2 is 1.84 bits per heavy atom. The molecular formula is C24H18Cl2FNO3. The van der Waals surface area contributed by atoms with Crippen molar-refractivity contribution >= 4 is 40.3 Å². The molecule has 3 aromatic rings. The molecule has 1 aliphatic rings. The lowest BCUT2D eigenvalue weighted by Crippen LogP contribution is -2.03. The van der Waals surface area contributed by atoms with Crippen LogP contribution in [0.3, 0.4) is 0 Å². The number of aromatic nitrogens is 1. The topological polar surface area (TPSA) is 59.4 Å². The van der Waals surface area contributed by atoms with Crippen LogP contribution in [0.1, 0.15) is 46.6 Å². The van der Waals surface area contributed by atoms with Gasteiger partial charge in [0.1, 0.15) is 23.9 Å². The van der Waals surface area contributed by atoms with Crippen LogP contribution in [0.5, 0.6) is 5.75 Å². The van der Waals surface area contributed by atoms with Crippen LogP contribution < -0.4 is 4.74 Å². The van der Waals surface area contributed by atoms with Gasteiger partial charge in [0.2, 0.25) is 0 Å². The predicted molar refractivity (Wildman–Crippen MR) is 119 cm³/mol. The lowest BCUT2D eigenvalue weighted by molar-refractivity contribution is 0.0690. The zero-order chi connectivity index (χ0) is 22.0. The Bertz CT molecular complexity index is 1170. The van der Waals surface area contributed by atoms with Gasteiger partial charge in [-0.3, -0.25) is 0 Å². The quantitative estimate of drug-likeness (QED) is 0.437. The molecule has 0 bridgehead atoms. The summed E-state index contributed by atoms with van der Waals surface area (Å²) in [6.45, 7) is -0.0322. The van der Waals surface area contributed by atoms with Gasteiger partial charge in [0, 0.05) is 16.1 Å². The second-order valence-corrected chi connectivity index (χ2v) is 8.00. The van der Waals surface area contributed by atoms with Crippen LogP contribution in [0.4, 0.5) is 4.39 Å². The molecule has 1 heterocycles.